The van der Waals surface area contributed by atoms with Gasteiger partial charge in [-0.2, -0.15) is 0 Å². The molecule has 6 nitrogen and oxygen atoms in total. The van der Waals surface area contributed by atoms with Crippen LogP contribution in [0.1, 0.15) is 38.2 Å². The number of carbonyl (C=O) groups excluding carboxylic acids is 1. The molecular formula is C22H27ClN2O4S. The average molecular weight is 451 g/mol. The molecule has 1 atom stereocenters. The van der Waals surface area contributed by atoms with Crippen molar-refractivity contribution in [2.45, 2.75) is 49.0 Å². The predicted molar refractivity (Wildman–Crippen MR) is 118 cm³/mol. The minimum atomic E-state index is -3.66. The Morgan fingerprint density at radius 2 is 1.83 bits per heavy atom. The summed E-state index contributed by atoms with van der Waals surface area (Å²) in [5, 5.41) is 3.57. The van der Waals surface area contributed by atoms with Gasteiger partial charge in [0.2, 0.25) is 15.9 Å². The first-order valence-electron chi connectivity index (χ1n) is 9.96. The number of amides is 1. The molecular weight excluding hydrogens is 424 g/mol. The summed E-state index contributed by atoms with van der Waals surface area (Å²) < 4.78 is 32.4. The molecule has 0 bridgehead atoms. The molecule has 0 spiro atoms. The number of hydrogen-bond acceptors (Lipinski definition) is 4. The smallest absolute Gasteiger partial charge is 0.240 e. The largest absolute Gasteiger partial charge is 0.383 e. The van der Waals surface area contributed by atoms with E-state index < -0.39 is 15.4 Å². The van der Waals surface area contributed by atoms with E-state index in [1.165, 1.54) is 19.2 Å². The van der Waals surface area contributed by atoms with E-state index in [-0.39, 0.29) is 23.5 Å². The Balaban J connectivity index is 1.77. The maximum Gasteiger partial charge on any atom is 0.240 e. The van der Waals surface area contributed by atoms with Crippen molar-refractivity contribution in [2.75, 3.05) is 19.0 Å². The fraction of sp³-hybridized carbons (Fsp3) is 0.409. The summed E-state index contributed by atoms with van der Waals surface area (Å²) in [4.78, 5) is 13.4. The molecule has 1 fully saturated rings. The second-order valence-corrected chi connectivity index (χ2v) is 9.91. The standard InChI is InChI=1S/C22H27ClN2O4S/c1-16(15-29-2)25-30(27,28)20-10-8-19(9-11-20)24-21(26)22(12-3-4-13-22)17-6-5-7-18(23)14-17/h5-11,14,16,25H,3-4,12-13,15H2,1-2H3,(H,24,26). The number of benzene rings is 2. The lowest BCUT2D eigenvalue weighted by molar-refractivity contribution is -0.121. The third-order valence-corrected chi connectivity index (χ3v) is 7.30. The molecule has 1 amide bonds. The van der Waals surface area contributed by atoms with Crippen LogP contribution in [0.5, 0.6) is 0 Å². The van der Waals surface area contributed by atoms with Crippen molar-refractivity contribution < 1.29 is 17.9 Å². The molecule has 0 radical (unpaired) electrons. The Morgan fingerprint density at radius 1 is 1.17 bits per heavy atom. The van der Waals surface area contributed by atoms with E-state index in [1.807, 2.05) is 18.2 Å². The second-order valence-electron chi connectivity index (χ2n) is 7.76. The van der Waals surface area contributed by atoms with E-state index in [1.54, 1.807) is 25.1 Å². The number of halogens is 1. The van der Waals surface area contributed by atoms with Crippen LogP contribution >= 0.6 is 11.6 Å². The van der Waals surface area contributed by atoms with Crippen molar-refractivity contribution >= 4 is 33.2 Å². The van der Waals surface area contributed by atoms with E-state index in [9.17, 15) is 13.2 Å². The van der Waals surface area contributed by atoms with Crippen LogP contribution in [0.25, 0.3) is 0 Å². The van der Waals surface area contributed by atoms with E-state index in [0.29, 0.717) is 10.7 Å². The van der Waals surface area contributed by atoms with Gasteiger partial charge in [-0.3, -0.25) is 4.79 Å². The fourth-order valence-electron chi connectivity index (χ4n) is 4.00. The summed E-state index contributed by atoms with van der Waals surface area (Å²) in [6, 6.07) is 13.3. The van der Waals surface area contributed by atoms with Gasteiger partial charge in [-0.1, -0.05) is 36.6 Å². The number of methoxy groups -OCH3 is 1. The Morgan fingerprint density at radius 3 is 2.43 bits per heavy atom. The summed E-state index contributed by atoms with van der Waals surface area (Å²) in [6.45, 7) is 2.01. The Bertz CT molecular complexity index is 986. The molecule has 2 aromatic rings. The molecule has 0 aromatic heterocycles. The van der Waals surface area contributed by atoms with Crippen LogP contribution in [-0.4, -0.2) is 34.1 Å². The average Bonchev–Trinajstić information content (AvgIpc) is 3.19. The van der Waals surface area contributed by atoms with Crippen LogP contribution in [-0.2, 0) is 25.0 Å². The first-order chi connectivity index (χ1) is 14.3. The molecule has 1 saturated carbocycles. The molecule has 1 unspecified atom stereocenters. The minimum absolute atomic E-state index is 0.0929. The first-order valence-corrected chi connectivity index (χ1v) is 11.8. The third kappa shape index (κ3) is 5.03. The zero-order valence-electron chi connectivity index (χ0n) is 17.2. The van der Waals surface area contributed by atoms with Gasteiger partial charge in [0.25, 0.3) is 0 Å². The number of anilines is 1. The van der Waals surface area contributed by atoms with Crippen LogP contribution < -0.4 is 10.0 Å². The number of carbonyl (C=O) groups is 1. The molecule has 0 aliphatic heterocycles. The molecule has 3 rings (SSSR count). The van der Waals surface area contributed by atoms with Gasteiger partial charge in [0.15, 0.2) is 0 Å². The number of ether oxygens (including phenoxy) is 1. The molecule has 0 saturated heterocycles. The highest BCUT2D eigenvalue weighted by molar-refractivity contribution is 7.89. The quantitative estimate of drug-likeness (QED) is 0.634. The normalized spacial score (nSPS) is 16.9. The predicted octanol–water partition coefficient (Wildman–Crippen LogP) is 4.10. The monoisotopic (exact) mass is 450 g/mol. The highest BCUT2D eigenvalue weighted by Crippen LogP contribution is 2.42. The molecule has 30 heavy (non-hydrogen) atoms. The maximum absolute atomic E-state index is 13.2. The fourth-order valence-corrected chi connectivity index (χ4v) is 5.42. The van der Waals surface area contributed by atoms with Crippen LogP contribution in [0.2, 0.25) is 5.02 Å². The number of rotatable bonds is 8. The third-order valence-electron chi connectivity index (χ3n) is 5.46. The molecule has 1 aliphatic rings. The zero-order chi connectivity index (χ0) is 21.8. The summed E-state index contributed by atoms with van der Waals surface area (Å²) in [6.07, 6.45) is 3.46. The van der Waals surface area contributed by atoms with E-state index in [2.05, 4.69) is 10.0 Å². The summed E-state index contributed by atoms with van der Waals surface area (Å²) in [7, 11) is -2.14. The lowest BCUT2D eigenvalue weighted by Gasteiger charge is -2.28. The van der Waals surface area contributed by atoms with Gasteiger partial charge in [0, 0.05) is 23.9 Å². The van der Waals surface area contributed by atoms with Crippen molar-refractivity contribution in [1.29, 1.82) is 0 Å². The SMILES string of the molecule is COCC(C)NS(=O)(=O)c1ccc(NC(=O)C2(c3cccc(Cl)c3)CCCC2)cc1. The van der Waals surface area contributed by atoms with Gasteiger partial charge < -0.3 is 10.1 Å². The lowest BCUT2D eigenvalue weighted by Crippen LogP contribution is -2.38. The van der Waals surface area contributed by atoms with Crippen LogP contribution in [0.3, 0.4) is 0 Å². The first kappa shape index (κ1) is 22.7. The van der Waals surface area contributed by atoms with E-state index in [0.717, 1.165) is 31.2 Å². The maximum atomic E-state index is 13.2. The molecule has 8 heteroatoms. The number of sulfonamides is 1. The van der Waals surface area contributed by atoms with Crippen molar-refractivity contribution in [3.63, 3.8) is 0 Å². The van der Waals surface area contributed by atoms with Gasteiger partial charge >= 0.3 is 0 Å². The highest BCUT2D eigenvalue weighted by Gasteiger charge is 2.42. The summed E-state index contributed by atoms with van der Waals surface area (Å²) >= 11 is 6.16. The highest BCUT2D eigenvalue weighted by atomic mass is 35.5. The molecule has 162 valence electrons. The van der Waals surface area contributed by atoms with Gasteiger partial charge in [-0.05, 0) is 61.7 Å². The Hall–Kier alpha value is -1.93. The zero-order valence-corrected chi connectivity index (χ0v) is 18.7. The molecule has 2 aromatic carbocycles. The minimum Gasteiger partial charge on any atom is -0.383 e. The van der Waals surface area contributed by atoms with Gasteiger partial charge in [-0.25, -0.2) is 13.1 Å². The van der Waals surface area contributed by atoms with Gasteiger partial charge in [0.05, 0.1) is 16.9 Å². The molecule has 0 heterocycles. The number of hydrogen-bond donors (Lipinski definition) is 2. The summed E-state index contributed by atoms with van der Waals surface area (Å²) in [5.74, 6) is -0.0929. The van der Waals surface area contributed by atoms with Crippen LogP contribution in [0.15, 0.2) is 53.4 Å². The Labute approximate surface area is 183 Å². The van der Waals surface area contributed by atoms with E-state index >= 15 is 0 Å². The Kier molecular flexibility index (Phi) is 7.18. The van der Waals surface area contributed by atoms with Crippen LogP contribution in [0.4, 0.5) is 5.69 Å². The topological polar surface area (TPSA) is 84.5 Å². The van der Waals surface area contributed by atoms with E-state index in [4.69, 9.17) is 16.3 Å². The van der Waals surface area contributed by atoms with Gasteiger partial charge in [0.1, 0.15) is 0 Å². The van der Waals surface area contributed by atoms with Gasteiger partial charge in [-0.15, -0.1) is 0 Å². The number of nitrogens with one attached hydrogen (secondary N) is 2. The van der Waals surface area contributed by atoms with Crippen molar-refractivity contribution in [3.8, 4) is 0 Å². The summed E-state index contributed by atoms with van der Waals surface area (Å²) in [5.41, 5.74) is 0.852. The molecule has 2 N–H and O–H groups in total. The molecule has 1 aliphatic carbocycles. The van der Waals surface area contributed by atoms with Crippen molar-refractivity contribution in [2.24, 2.45) is 0 Å². The van der Waals surface area contributed by atoms with Crippen molar-refractivity contribution in [3.05, 3.63) is 59.1 Å². The van der Waals surface area contributed by atoms with Crippen LogP contribution in [0, 0.1) is 0 Å². The lowest BCUT2D eigenvalue weighted by atomic mass is 9.78. The van der Waals surface area contributed by atoms with Crippen molar-refractivity contribution in [1.82, 2.24) is 4.72 Å². The second kappa shape index (κ2) is 9.47.